The van der Waals surface area contributed by atoms with Gasteiger partial charge in [-0.05, 0) is 73.5 Å². The van der Waals surface area contributed by atoms with E-state index in [0.29, 0.717) is 30.1 Å². The van der Waals surface area contributed by atoms with Crippen molar-refractivity contribution < 1.29 is 19.4 Å². The number of rotatable bonds is 1. The van der Waals surface area contributed by atoms with Gasteiger partial charge in [0.1, 0.15) is 11.7 Å². The van der Waals surface area contributed by atoms with Gasteiger partial charge in [-0.2, -0.15) is 0 Å². The Labute approximate surface area is 138 Å². The van der Waals surface area contributed by atoms with Gasteiger partial charge in [0.2, 0.25) is 0 Å². The zero-order valence-corrected chi connectivity index (χ0v) is 14.2. The van der Waals surface area contributed by atoms with Crippen LogP contribution in [0.5, 0.6) is 0 Å². The summed E-state index contributed by atoms with van der Waals surface area (Å²) in [6.45, 7) is 2.27. The monoisotopic (exact) mass is 320 g/mol. The molecular weight excluding hydrogens is 292 g/mol. The Morgan fingerprint density at radius 1 is 1.09 bits per heavy atom. The molecule has 4 aliphatic carbocycles. The van der Waals surface area contributed by atoms with Crippen LogP contribution in [0.1, 0.15) is 51.9 Å². The summed E-state index contributed by atoms with van der Waals surface area (Å²) < 4.78 is 4.90. The second-order valence-corrected chi connectivity index (χ2v) is 8.65. The maximum atomic E-state index is 12.4. The van der Waals surface area contributed by atoms with Crippen molar-refractivity contribution in [3.8, 4) is 0 Å². The number of hydrogen-bond acceptors (Lipinski definition) is 4. The molecule has 1 N–H and O–H groups in total. The molecule has 0 amide bonds. The fraction of sp³-hybridized carbons (Fsp3) is 0.895. The number of ether oxygens (including phenoxy) is 1. The number of esters is 1. The van der Waals surface area contributed by atoms with Crippen LogP contribution in [0.15, 0.2) is 0 Å². The molecule has 4 fully saturated rings. The van der Waals surface area contributed by atoms with Crippen molar-refractivity contribution >= 4 is 11.8 Å². The SMILES string of the molecule is COC(=O)C1C(=O)CC2C1CCC1C2CCC2(C)C(O)CCC12. The smallest absolute Gasteiger partial charge is 0.316 e. The van der Waals surface area contributed by atoms with Crippen LogP contribution < -0.4 is 0 Å². The third kappa shape index (κ3) is 2.06. The molecular formula is C19H28O4. The number of ketones is 1. The Bertz CT molecular complexity index is 529. The summed E-state index contributed by atoms with van der Waals surface area (Å²) in [4.78, 5) is 24.5. The Balaban J connectivity index is 1.59. The van der Waals surface area contributed by atoms with Gasteiger partial charge in [-0.15, -0.1) is 0 Å². The van der Waals surface area contributed by atoms with E-state index in [4.69, 9.17) is 4.74 Å². The molecule has 8 unspecified atom stereocenters. The minimum atomic E-state index is -0.506. The van der Waals surface area contributed by atoms with Gasteiger partial charge in [0.05, 0.1) is 13.2 Å². The van der Waals surface area contributed by atoms with E-state index < -0.39 is 5.92 Å². The number of fused-ring (bicyclic) bond motifs is 5. The molecule has 4 rings (SSSR count). The fourth-order valence-electron chi connectivity index (χ4n) is 6.90. The third-order valence-corrected chi connectivity index (χ3v) is 8.04. The standard InChI is InChI=1S/C19H28O4/c1-19-8-7-10-11(14(19)5-6-16(19)21)3-4-12-13(10)9-15(20)17(12)18(22)23-2/h10-14,16-17,21H,3-9H2,1-2H3. The number of hydrogen-bond donors (Lipinski definition) is 1. The molecule has 23 heavy (non-hydrogen) atoms. The van der Waals surface area contributed by atoms with Crippen LogP contribution in [-0.4, -0.2) is 30.1 Å². The van der Waals surface area contributed by atoms with Crippen LogP contribution in [0.4, 0.5) is 0 Å². The number of aliphatic hydroxyl groups excluding tert-OH is 1. The van der Waals surface area contributed by atoms with E-state index in [2.05, 4.69) is 6.92 Å². The Kier molecular flexibility index (Phi) is 3.60. The lowest BCUT2D eigenvalue weighted by molar-refractivity contribution is -0.151. The first-order valence-corrected chi connectivity index (χ1v) is 9.26. The first-order valence-electron chi connectivity index (χ1n) is 9.26. The molecule has 4 heteroatoms. The summed E-state index contributed by atoms with van der Waals surface area (Å²) in [6.07, 6.45) is 6.74. The highest BCUT2D eigenvalue weighted by molar-refractivity contribution is 6.01. The molecule has 0 radical (unpaired) electrons. The van der Waals surface area contributed by atoms with Gasteiger partial charge in [-0.1, -0.05) is 6.92 Å². The largest absolute Gasteiger partial charge is 0.468 e. The predicted molar refractivity (Wildman–Crippen MR) is 84.4 cm³/mol. The third-order valence-electron chi connectivity index (χ3n) is 8.04. The van der Waals surface area contributed by atoms with E-state index in [1.165, 1.54) is 7.11 Å². The Morgan fingerprint density at radius 2 is 1.83 bits per heavy atom. The summed E-state index contributed by atoms with van der Waals surface area (Å²) in [5.41, 5.74) is 0.0817. The van der Waals surface area contributed by atoms with Gasteiger partial charge in [0.25, 0.3) is 0 Å². The number of methoxy groups -OCH3 is 1. The normalized spacial score (nSPS) is 51.8. The molecule has 0 aliphatic heterocycles. The van der Waals surface area contributed by atoms with Gasteiger partial charge < -0.3 is 9.84 Å². The number of carbonyl (C=O) groups excluding carboxylic acids is 2. The van der Waals surface area contributed by atoms with Crippen molar-refractivity contribution in [3.63, 3.8) is 0 Å². The summed E-state index contributed by atoms with van der Waals surface area (Å²) in [5.74, 6) is 1.65. The van der Waals surface area contributed by atoms with Crippen LogP contribution in [0, 0.1) is 40.9 Å². The predicted octanol–water partition coefficient (Wildman–Crippen LogP) is 2.58. The van der Waals surface area contributed by atoms with E-state index in [9.17, 15) is 14.7 Å². The molecule has 0 aromatic carbocycles. The van der Waals surface area contributed by atoms with Crippen molar-refractivity contribution in [2.45, 2.75) is 58.0 Å². The van der Waals surface area contributed by atoms with Crippen LogP contribution >= 0.6 is 0 Å². The molecule has 0 heterocycles. The van der Waals surface area contributed by atoms with Gasteiger partial charge in [-0.25, -0.2) is 0 Å². The highest BCUT2D eigenvalue weighted by atomic mass is 16.5. The highest BCUT2D eigenvalue weighted by Gasteiger charge is 2.60. The highest BCUT2D eigenvalue weighted by Crippen LogP contribution is 2.63. The summed E-state index contributed by atoms with van der Waals surface area (Å²) in [6, 6.07) is 0. The Morgan fingerprint density at radius 3 is 2.57 bits per heavy atom. The Hall–Kier alpha value is -0.900. The topological polar surface area (TPSA) is 63.6 Å². The minimum absolute atomic E-state index is 0.0817. The van der Waals surface area contributed by atoms with Crippen molar-refractivity contribution in [3.05, 3.63) is 0 Å². The van der Waals surface area contributed by atoms with Crippen LogP contribution in [0.2, 0.25) is 0 Å². The van der Waals surface area contributed by atoms with Gasteiger partial charge >= 0.3 is 5.97 Å². The maximum absolute atomic E-state index is 12.4. The van der Waals surface area contributed by atoms with Crippen LogP contribution in [0.3, 0.4) is 0 Å². The minimum Gasteiger partial charge on any atom is -0.468 e. The molecule has 0 aromatic rings. The fourth-order valence-corrected chi connectivity index (χ4v) is 6.90. The molecule has 0 spiro atoms. The molecule has 4 saturated carbocycles. The molecule has 4 nitrogen and oxygen atoms in total. The maximum Gasteiger partial charge on any atom is 0.316 e. The average Bonchev–Trinajstić information content (AvgIpc) is 3.03. The lowest BCUT2D eigenvalue weighted by Crippen LogP contribution is -2.48. The summed E-state index contributed by atoms with van der Waals surface area (Å²) in [5, 5.41) is 10.4. The number of aliphatic hydroxyl groups is 1. The van der Waals surface area contributed by atoms with Crippen molar-refractivity contribution in [2.75, 3.05) is 7.11 Å². The summed E-state index contributed by atoms with van der Waals surface area (Å²) >= 11 is 0. The first kappa shape index (κ1) is 15.6. The van der Waals surface area contributed by atoms with Crippen molar-refractivity contribution in [2.24, 2.45) is 40.9 Å². The zero-order valence-electron chi connectivity index (χ0n) is 14.2. The van der Waals surface area contributed by atoms with E-state index in [-0.39, 0.29) is 29.2 Å². The van der Waals surface area contributed by atoms with Gasteiger partial charge in [0.15, 0.2) is 0 Å². The quantitative estimate of drug-likeness (QED) is 0.596. The van der Waals surface area contributed by atoms with Crippen LogP contribution in [0.25, 0.3) is 0 Å². The molecule has 4 aliphatic rings. The van der Waals surface area contributed by atoms with Crippen molar-refractivity contribution in [1.82, 2.24) is 0 Å². The molecule has 0 saturated heterocycles. The van der Waals surface area contributed by atoms with Crippen molar-refractivity contribution in [1.29, 1.82) is 0 Å². The second kappa shape index (κ2) is 5.30. The van der Waals surface area contributed by atoms with E-state index in [0.717, 1.165) is 38.5 Å². The molecule has 8 atom stereocenters. The number of carbonyl (C=O) groups is 2. The zero-order chi connectivity index (χ0) is 16.4. The van der Waals surface area contributed by atoms with Gasteiger partial charge in [-0.3, -0.25) is 9.59 Å². The number of Topliss-reactive ketones (excluding diaryl/α,β-unsaturated/α-hetero) is 1. The average molecular weight is 320 g/mol. The molecule has 0 bridgehead atoms. The van der Waals surface area contributed by atoms with E-state index >= 15 is 0 Å². The first-order chi connectivity index (χ1) is 11.0. The van der Waals surface area contributed by atoms with Crippen LogP contribution in [-0.2, 0) is 14.3 Å². The van der Waals surface area contributed by atoms with E-state index in [1.54, 1.807) is 0 Å². The second-order valence-electron chi connectivity index (χ2n) is 8.65. The van der Waals surface area contributed by atoms with E-state index in [1.807, 2.05) is 0 Å². The molecule has 128 valence electrons. The lowest BCUT2D eigenvalue weighted by atomic mass is 9.52. The lowest BCUT2D eigenvalue weighted by Gasteiger charge is -2.53. The summed E-state index contributed by atoms with van der Waals surface area (Å²) in [7, 11) is 1.39. The van der Waals surface area contributed by atoms with Gasteiger partial charge in [0, 0.05) is 6.42 Å². The molecule has 0 aromatic heterocycles.